The molecule has 0 spiro atoms. The van der Waals surface area contributed by atoms with E-state index in [0.29, 0.717) is 14.4 Å². The predicted octanol–water partition coefficient (Wildman–Crippen LogP) is 2.78. The predicted molar refractivity (Wildman–Crippen MR) is 53.7 cm³/mol. The zero-order chi connectivity index (χ0) is 8.55. The van der Waals surface area contributed by atoms with E-state index in [2.05, 4.69) is 31.2 Å². The maximum Gasteiger partial charge on any atom is 0.180 e. The highest BCUT2D eigenvalue weighted by molar-refractivity contribution is 6.94. The summed E-state index contributed by atoms with van der Waals surface area (Å²) in [6.45, 7) is 2.29. The minimum absolute atomic E-state index is 0.531. The second kappa shape index (κ2) is 3.23. The molecule has 1 aromatic carbocycles. The van der Waals surface area contributed by atoms with Gasteiger partial charge in [-0.3, -0.25) is 0 Å². The summed E-state index contributed by atoms with van der Waals surface area (Å²) in [5, 5.41) is 0. The molecule has 2 heteroatoms. The van der Waals surface area contributed by atoms with Gasteiger partial charge in [0.05, 0.1) is 0 Å². The Hall–Kier alpha value is -0.273. The van der Waals surface area contributed by atoms with Crippen molar-refractivity contribution in [3.05, 3.63) is 35.4 Å². The lowest BCUT2D eigenvalue weighted by atomic mass is 10.1. The summed E-state index contributed by atoms with van der Waals surface area (Å²) < 4.78 is 0. The van der Waals surface area contributed by atoms with Crippen LogP contribution in [0.25, 0.3) is 0 Å². The number of fused-ring (bicyclic) bond motifs is 1. The van der Waals surface area contributed by atoms with Crippen LogP contribution in [0.2, 0.25) is 0 Å². The molecular weight excluding hydrogens is 184 g/mol. The number of hydrogen-bond acceptors (Lipinski definition) is 0. The van der Waals surface area contributed by atoms with Gasteiger partial charge in [-0.15, -0.1) is 0 Å². The fraction of sp³-hybridized carbons (Fsp3) is 0.400. The molecule has 0 aliphatic heterocycles. The molecule has 0 saturated carbocycles. The van der Waals surface area contributed by atoms with Crippen LogP contribution in [0.1, 0.15) is 23.6 Å². The first-order chi connectivity index (χ1) is 5.83. The Balaban J connectivity index is 2.40. The van der Waals surface area contributed by atoms with Gasteiger partial charge in [0, 0.05) is 0 Å². The van der Waals surface area contributed by atoms with Crippen LogP contribution in [-0.4, -0.2) is 8.83 Å². The van der Waals surface area contributed by atoms with Gasteiger partial charge in [0.15, 0.2) is 8.83 Å². The molecule has 0 saturated heterocycles. The summed E-state index contributed by atoms with van der Waals surface area (Å²) >= 11 is 5.96. The zero-order valence-electron chi connectivity index (χ0n) is 7.05. The van der Waals surface area contributed by atoms with Crippen LogP contribution in [0.4, 0.5) is 0 Å². The molecule has 0 heterocycles. The fourth-order valence-corrected chi connectivity index (χ4v) is 3.69. The van der Waals surface area contributed by atoms with Crippen LogP contribution in [0, 0.1) is 5.92 Å². The van der Waals surface area contributed by atoms with Gasteiger partial charge in [-0.2, -0.15) is 11.1 Å². The van der Waals surface area contributed by atoms with Crippen molar-refractivity contribution >= 4 is 19.9 Å². The van der Waals surface area contributed by atoms with Gasteiger partial charge < -0.3 is 0 Å². The van der Waals surface area contributed by atoms with Crippen molar-refractivity contribution in [2.45, 2.75) is 18.9 Å². The van der Waals surface area contributed by atoms with E-state index in [1.807, 2.05) is 0 Å². The molecule has 2 unspecified atom stereocenters. The normalized spacial score (nSPS) is 27.2. The van der Waals surface area contributed by atoms with E-state index in [-0.39, 0.29) is 0 Å². The van der Waals surface area contributed by atoms with Gasteiger partial charge in [0.25, 0.3) is 0 Å². The molecular formula is C10H11ClSi. The molecule has 0 nitrogen and oxygen atoms in total. The monoisotopic (exact) mass is 194 g/mol. The molecule has 1 aliphatic carbocycles. The van der Waals surface area contributed by atoms with Crippen molar-refractivity contribution in [2.24, 2.45) is 5.92 Å². The van der Waals surface area contributed by atoms with E-state index >= 15 is 0 Å². The van der Waals surface area contributed by atoms with E-state index in [9.17, 15) is 0 Å². The van der Waals surface area contributed by atoms with Crippen LogP contribution in [0.3, 0.4) is 0 Å². The Morgan fingerprint density at radius 1 is 1.42 bits per heavy atom. The highest BCUT2D eigenvalue weighted by atomic mass is 35.6. The van der Waals surface area contributed by atoms with E-state index < -0.39 is 0 Å². The lowest BCUT2D eigenvalue weighted by Gasteiger charge is -2.10. The summed E-state index contributed by atoms with van der Waals surface area (Å²) in [5.74, 6) is 0.734. The zero-order valence-corrected chi connectivity index (χ0v) is 8.81. The molecule has 0 bridgehead atoms. The molecule has 0 amide bonds. The van der Waals surface area contributed by atoms with Crippen molar-refractivity contribution in [2.75, 3.05) is 0 Å². The molecule has 0 fully saturated rings. The smallest absolute Gasteiger partial charge is 0.171 e. The van der Waals surface area contributed by atoms with E-state index in [1.165, 1.54) is 17.5 Å². The lowest BCUT2D eigenvalue weighted by Crippen LogP contribution is -2.07. The maximum absolute atomic E-state index is 5.96. The van der Waals surface area contributed by atoms with Crippen molar-refractivity contribution in [3.8, 4) is 0 Å². The number of benzene rings is 1. The van der Waals surface area contributed by atoms with Crippen LogP contribution in [0.15, 0.2) is 24.3 Å². The number of hydrogen-bond donors (Lipinski definition) is 0. The van der Waals surface area contributed by atoms with Gasteiger partial charge in [0.2, 0.25) is 0 Å². The molecule has 0 N–H and O–H groups in total. The molecule has 62 valence electrons. The topological polar surface area (TPSA) is 0 Å². The Bertz CT molecular complexity index is 285. The average Bonchev–Trinajstić information content (AvgIpc) is 2.40. The second-order valence-electron chi connectivity index (χ2n) is 3.47. The second-order valence-corrected chi connectivity index (χ2v) is 4.96. The minimum atomic E-state index is 0.531. The molecule has 2 radical (unpaired) electrons. The van der Waals surface area contributed by atoms with Crippen molar-refractivity contribution in [1.82, 2.24) is 0 Å². The molecule has 0 aromatic heterocycles. The summed E-state index contributed by atoms with van der Waals surface area (Å²) in [5.41, 5.74) is 3.60. The quantitative estimate of drug-likeness (QED) is 0.477. The third kappa shape index (κ3) is 1.21. The van der Waals surface area contributed by atoms with Crippen molar-refractivity contribution < 1.29 is 0 Å². The highest BCUT2D eigenvalue weighted by Gasteiger charge is 2.28. The first-order valence-corrected chi connectivity index (χ1v) is 6.36. The van der Waals surface area contributed by atoms with Gasteiger partial charge in [-0.25, -0.2) is 0 Å². The van der Waals surface area contributed by atoms with Gasteiger partial charge in [0.1, 0.15) is 0 Å². The van der Waals surface area contributed by atoms with Gasteiger partial charge >= 0.3 is 0 Å². The minimum Gasteiger partial charge on any atom is -0.171 e. The van der Waals surface area contributed by atoms with Gasteiger partial charge in [-0.1, -0.05) is 31.2 Å². The van der Waals surface area contributed by atoms with Crippen LogP contribution < -0.4 is 0 Å². The molecule has 1 aromatic rings. The summed E-state index contributed by atoms with van der Waals surface area (Å²) in [6.07, 6.45) is 1.21. The lowest BCUT2D eigenvalue weighted by molar-refractivity contribution is 0.606. The van der Waals surface area contributed by atoms with Crippen LogP contribution in [-0.2, 0) is 6.42 Å². The van der Waals surface area contributed by atoms with E-state index in [1.54, 1.807) is 0 Å². The Kier molecular flexibility index (Phi) is 2.24. The maximum atomic E-state index is 5.96. The fourth-order valence-electron chi connectivity index (χ4n) is 1.96. The largest absolute Gasteiger partial charge is 0.180 e. The Labute approximate surface area is 80.5 Å². The Morgan fingerprint density at radius 3 is 2.92 bits per heavy atom. The van der Waals surface area contributed by atoms with Crippen molar-refractivity contribution in [3.63, 3.8) is 0 Å². The van der Waals surface area contributed by atoms with Crippen molar-refractivity contribution in [1.29, 1.82) is 0 Å². The van der Waals surface area contributed by atoms with Gasteiger partial charge in [-0.05, 0) is 29.0 Å². The number of rotatable bonds is 1. The standard InChI is InChI=1S/C10H11ClSi/c1-7-6-8-4-2-3-5-9(8)10(7)12-11/h2-5,7,10H,6H2,1H3. The molecule has 1 aliphatic rings. The third-order valence-electron chi connectivity index (χ3n) is 2.62. The SMILES string of the molecule is CC1Cc2ccccc2C1[Si]Cl. The average molecular weight is 195 g/mol. The van der Waals surface area contributed by atoms with Crippen LogP contribution >= 0.6 is 11.1 Å². The van der Waals surface area contributed by atoms with E-state index in [4.69, 9.17) is 11.1 Å². The highest BCUT2D eigenvalue weighted by Crippen LogP contribution is 2.36. The van der Waals surface area contributed by atoms with E-state index in [0.717, 1.165) is 5.92 Å². The molecule has 12 heavy (non-hydrogen) atoms. The molecule has 2 atom stereocenters. The molecule has 2 rings (SSSR count). The first-order valence-electron chi connectivity index (χ1n) is 4.27. The summed E-state index contributed by atoms with van der Waals surface area (Å²) in [7, 11) is 0.531. The Morgan fingerprint density at radius 2 is 2.17 bits per heavy atom. The summed E-state index contributed by atoms with van der Waals surface area (Å²) in [6, 6.07) is 8.67. The first kappa shape index (κ1) is 8.33. The third-order valence-corrected chi connectivity index (χ3v) is 4.44. The summed E-state index contributed by atoms with van der Waals surface area (Å²) in [4.78, 5) is 0. The number of halogens is 1. The van der Waals surface area contributed by atoms with Crippen LogP contribution in [0.5, 0.6) is 0 Å².